The summed E-state index contributed by atoms with van der Waals surface area (Å²) in [6.07, 6.45) is -2.31. The number of hydrogen-bond donors (Lipinski definition) is 0. The molecule has 1 aliphatic rings. The Labute approximate surface area is 154 Å². The van der Waals surface area contributed by atoms with Crippen molar-refractivity contribution in [1.29, 1.82) is 0 Å². The van der Waals surface area contributed by atoms with E-state index in [4.69, 9.17) is 8.37 Å². The first-order valence-electron chi connectivity index (χ1n) is 7.59. The Balaban J connectivity index is 1.80. The van der Waals surface area contributed by atoms with E-state index in [9.17, 15) is 21.0 Å². The lowest BCUT2D eigenvalue weighted by Crippen LogP contribution is -2.35. The lowest BCUT2D eigenvalue weighted by molar-refractivity contribution is 0.191. The fourth-order valence-corrected chi connectivity index (χ4v) is 6.46. The smallest absolute Gasteiger partial charge is 0.261 e. The highest BCUT2D eigenvalue weighted by molar-refractivity contribution is 7.92. The van der Waals surface area contributed by atoms with Crippen molar-refractivity contribution in [3.05, 3.63) is 60.7 Å². The maximum atomic E-state index is 12.5. The topological polar surface area (TPSA) is 104 Å². The molecule has 0 saturated carbocycles. The van der Waals surface area contributed by atoms with Crippen LogP contribution >= 0.6 is 0 Å². The maximum absolute atomic E-state index is 12.5. The molecule has 10 heteroatoms. The summed E-state index contributed by atoms with van der Waals surface area (Å²) < 4.78 is 71.6. The SMILES string of the molecule is O=S1OC(CS(=O)(=O)c2ccccc2)C(CS(=O)(=O)c2ccccc2)O1. The summed E-state index contributed by atoms with van der Waals surface area (Å²) in [6.45, 7) is 0. The van der Waals surface area contributed by atoms with Crippen LogP contribution in [0.3, 0.4) is 0 Å². The average Bonchev–Trinajstić information content (AvgIpc) is 2.94. The highest BCUT2D eigenvalue weighted by Crippen LogP contribution is 2.25. The van der Waals surface area contributed by atoms with Gasteiger partial charge >= 0.3 is 11.4 Å². The first-order chi connectivity index (χ1) is 12.3. The van der Waals surface area contributed by atoms with Gasteiger partial charge in [-0.2, -0.15) is 4.21 Å². The van der Waals surface area contributed by atoms with E-state index < -0.39 is 54.7 Å². The molecule has 2 aromatic carbocycles. The highest BCUT2D eigenvalue weighted by Gasteiger charge is 2.41. The van der Waals surface area contributed by atoms with Gasteiger partial charge < -0.3 is 0 Å². The second-order valence-electron chi connectivity index (χ2n) is 5.66. The minimum Gasteiger partial charge on any atom is -0.261 e. The number of hydrogen-bond acceptors (Lipinski definition) is 7. The third-order valence-corrected chi connectivity index (χ3v) is 8.12. The Kier molecular flexibility index (Phi) is 5.58. The molecule has 2 aromatic rings. The van der Waals surface area contributed by atoms with Crippen LogP contribution in [0.2, 0.25) is 0 Å². The molecule has 7 nitrogen and oxygen atoms in total. The summed E-state index contributed by atoms with van der Waals surface area (Å²) in [5.41, 5.74) is 0. The summed E-state index contributed by atoms with van der Waals surface area (Å²) in [7, 11) is -7.51. The Morgan fingerprint density at radius 1 is 0.692 bits per heavy atom. The van der Waals surface area contributed by atoms with E-state index in [1.54, 1.807) is 36.4 Å². The molecular formula is C16H16O7S3. The summed E-state index contributed by atoms with van der Waals surface area (Å²) in [4.78, 5) is 0.150. The van der Waals surface area contributed by atoms with Crippen LogP contribution in [0.15, 0.2) is 70.5 Å². The molecule has 1 heterocycles. The van der Waals surface area contributed by atoms with Gasteiger partial charge in [0.25, 0.3) is 0 Å². The monoisotopic (exact) mass is 416 g/mol. The Hall–Kier alpha value is -1.59. The van der Waals surface area contributed by atoms with Gasteiger partial charge in [0.15, 0.2) is 19.7 Å². The van der Waals surface area contributed by atoms with Crippen molar-refractivity contribution in [3.8, 4) is 0 Å². The first kappa shape index (κ1) is 19.2. The van der Waals surface area contributed by atoms with Gasteiger partial charge in [0, 0.05) is 0 Å². The second kappa shape index (κ2) is 7.57. The fourth-order valence-electron chi connectivity index (χ4n) is 2.50. The standard InChI is InChI=1S/C16H16O7S3/c17-24-22-15(11-25(18,19)13-7-3-1-4-8-13)16(23-24)12-26(20,21)14-9-5-2-6-10-14/h1-10,15-16H,11-12H2. The zero-order valence-corrected chi connectivity index (χ0v) is 15.9. The van der Waals surface area contributed by atoms with E-state index in [1.165, 1.54) is 24.3 Å². The third kappa shape index (κ3) is 4.38. The lowest BCUT2D eigenvalue weighted by Gasteiger charge is -2.15. The average molecular weight is 416 g/mol. The predicted octanol–water partition coefficient (Wildman–Crippen LogP) is 1.30. The molecule has 0 amide bonds. The quantitative estimate of drug-likeness (QED) is 0.699. The molecule has 0 aromatic heterocycles. The molecule has 0 aliphatic carbocycles. The van der Waals surface area contributed by atoms with Crippen molar-refractivity contribution in [2.45, 2.75) is 22.0 Å². The van der Waals surface area contributed by atoms with E-state index in [0.717, 1.165) is 0 Å². The van der Waals surface area contributed by atoms with Crippen molar-refractivity contribution >= 4 is 31.0 Å². The fraction of sp³-hybridized carbons (Fsp3) is 0.250. The first-order valence-corrected chi connectivity index (χ1v) is 11.9. The maximum Gasteiger partial charge on any atom is 0.305 e. The number of benzene rings is 2. The van der Waals surface area contributed by atoms with Crippen molar-refractivity contribution in [2.24, 2.45) is 0 Å². The summed E-state index contributed by atoms with van der Waals surface area (Å²) in [6, 6.07) is 15.4. The second-order valence-corrected chi connectivity index (χ2v) is 10.5. The molecule has 0 bridgehead atoms. The van der Waals surface area contributed by atoms with Crippen LogP contribution in [-0.4, -0.2) is 44.8 Å². The van der Waals surface area contributed by atoms with E-state index in [1.807, 2.05) is 0 Å². The molecule has 26 heavy (non-hydrogen) atoms. The lowest BCUT2D eigenvalue weighted by atomic mass is 10.3. The summed E-state index contributed by atoms with van der Waals surface area (Å²) >= 11 is -2.19. The van der Waals surface area contributed by atoms with E-state index >= 15 is 0 Å². The van der Waals surface area contributed by atoms with E-state index in [-0.39, 0.29) is 9.79 Å². The van der Waals surface area contributed by atoms with Gasteiger partial charge in [-0.1, -0.05) is 36.4 Å². The van der Waals surface area contributed by atoms with Crippen molar-refractivity contribution in [3.63, 3.8) is 0 Å². The van der Waals surface area contributed by atoms with Crippen LogP contribution < -0.4 is 0 Å². The molecule has 2 unspecified atom stereocenters. The van der Waals surface area contributed by atoms with Crippen molar-refractivity contribution in [1.82, 2.24) is 0 Å². The zero-order valence-electron chi connectivity index (χ0n) is 13.4. The van der Waals surface area contributed by atoms with Crippen LogP contribution in [0.1, 0.15) is 0 Å². The van der Waals surface area contributed by atoms with Crippen LogP contribution in [0.25, 0.3) is 0 Å². The third-order valence-electron chi connectivity index (χ3n) is 3.79. The Morgan fingerprint density at radius 3 is 1.38 bits per heavy atom. The van der Waals surface area contributed by atoms with E-state index in [0.29, 0.717) is 0 Å². The summed E-state index contributed by atoms with van der Waals surface area (Å²) in [5.74, 6) is -1.06. The van der Waals surface area contributed by atoms with Gasteiger partial charge in [0.1, 0.15) is 12.2 Å². The zero-order chi connectivity index (χ0) is 18.8. The molecule has 140 valence electrons. The minimum atomic E-state index is -3.75. The highest BCUT2D eigenvalue weighted by atomic mass is 32.2. The molecule has 0 spiro atoms. The molecule has 2 atom stereocenters. The van der Waals surface area contributed by atoms with Gasteiger partial charge in [-0.05, 0) is 24.3 Å². The van der Waals surface area contributed by atoms with Gasteiger partial charge in [-0.15, -0.1) is 0 Å². The van der Waals surface area contributed by atoms with E-state index in [2.05, 4.69) is 0 Å². The van der Waals surface area contributed by atoms with Gasteiger partial charge in [-0.25, -0.2) is 16.8 Å². The Morgan fingerprint density at radius 2 is 1.04 bits per heavy atom. The normalized spacial score (nSPS) is 23.8. The predicted molar refractivity (Wildman–Crippen MR) is 94.9 cm³/mol. The van der Waals surface area contributed by atoms with Crippen LogP contribution in [0.4, 0.5) is 0 Å². The number of rotatable bonds is 6. The number of sulfone groups is 2. The molecule has 3 rings (SSSR count). The van der Waals surface area contributed by atoms with Gasteiger partial charge in [0.05, 0.1) is 21.3 Å². The molecular weight excluding hydrogens is 400 g/mol. The van der Waals surface area contributed by atoms with Gasteiger partial charge in [-0.3, -0.25) is 8.37 Å². The van der Waals surface area contributed by atoms with Crippen molar-refractivity contribution < 1.29 is 29.4 Å². The Bertz CT molecular complexity index is 905. The minimum absolute atomic E-state index is 0.0750. The molecule has 0 radical (unpaired) electrons. The molecule has 1 saturated heterocycles. The van der Waals surface area contributed by atoms with Crippen LogP contribution in [0, 0.1) is 0 Å². The van der Waals surface area contributed by atoms with Crippen LogP contribution in [-0.2, 0) is 39.4 Å². The van der Waals surface area contributed by atoms with Gasteiger partial charge in [0.2, 0.25) is 0 Å². The largest absolute Gasteiger partial charge is 0.305 e. The van der Waals surface area contributed by atoms with Crippen molar-refractivity contribution in [2.75, 3.05) is 11.5 Å². The molecule has 0 N–H and O–H groups in total. The molecule has 1 aliphatic heterocycles. The molecule has 1 fully saturated rings. The summed E-state index contributed by atoms with van der Waals surface area (Å²) in [5, 5.41) is 0. The van der Waals surface area contributed by atoms with Crippen LogP contribution in [0.5, 0.6) is 0 Å².